The zero-order valence-electron chi connectivity index (χ0n) is 15.5. The van der Waals surface area contributed by atoms with Gasteiger partial charge < -0.3 is 42.1 Å². The van der Waals surface area contributed by atoms with Gasteiger partial charge in [-0.2, -0.15) is 0 Å². The Bertz CT molecular complexity index is 653. The van der Waals surface area contributed by atoms with Gasteiger partial charge in [0.25, 0.3) is 0 Å². The Hall–Kier alpha value is -3.26. The predicted molar refractivity (Wildman–Crippen MR) is 93.3 cm³/mol. The van der Waals surface area contributed by atoms with Gasteiger partial charge in [0.2, 0.25) is 17.7 Å². The topological polar surface area (TPSA) is 245 Å². The normalized spacial score (nSPS) is 14.6. The monoisotopic (exact) mass is 420 g/mol. The van der Waals surface area contributed by atoms with E-state index >= 15 is 0 Å². The van der Waals surface area contributed by atoms with Crippen LogP contribution in [-0.4, -0.2) is 86.8 Å². The maximum Gasteiger partial charge on any atom is 0.326 e. The van der Waals surface area contributed by atoms with Crippen molar-refractivity contribution in [2.24, 2.45) is 5.73 Å². The van der Waals surface area contributed by atoms with Gasteiger partial charge in [-0.25, -0.2) is 4.79 Å². The van der Waals surface area contributed by atoms with Crippen molar-refractivity contribution in [2.75, 3.05) is 6.61 Å². The molecule has 4 atom stereocenters. The molecule has 9 N–H and O–H groups in total. The van der Waals surface area contributed by atoms with Crippen molar-refractivity contribution < 1.29 is 49.2 Å². The number of carboxylic acid groups (broad SMARTS) is 3. The lowest BCUT2D eigenvalue weighted by Gasteiger charge is -2.22. The molecule has 0 spiro atoms. The number of carbonyl (C=O) groups is 6. The first-order valence-electron chi connectivity index (χ1n) is 8.33. The number of carbonyl (C=O) groups excluding carboxylic acids is 3. The average Bonchev–Trinajstić information content (AvgIpc) is 2.61. The van der Waals surface area contributed by atoms with E-state index in [9.17, 15) is 33.9 Å². The maximum absolute atomic E-state index is 12.1. The second-order valence-corrected chi connectivity index (χ2v) is 6.01. The third kappa shape index (κ3) is 10.0. The maximum atomic E-state index is 12.1. The summed E-state index contributed by atoms with van der Waals surface area (Å²) in [6.45, 7) is 0.303. The summed E-state index contributed by atoms with van der Waals surface area (Å²) in [7, 11) is 0. The van der Waals surface area contributed by atoms with Crippen LogP contribution < -0.4 is 21.7 Å². The summed E-state index contributed by atoms with van der Waals surface area (Å²) >= 11 is 0. The number of rotatable bonds is 13. The van der Waals surface area contributed by atoms with Gasteiger partial charge in [0.05, 0.1) is 19.1 Å². The SMILES string of the molecule is CC(NC(=O)C(CO)NC(=O)C(N)CC(=O)O)C(=O)NC(CCC(=O)O)C(=O)O. The summed E-state index contributed by atoms with van der Waals surface area (Å²) in [6, 6.07) is -5.81. The molecule has 0 aromatic rings. The summed E-state index contributed by atoms with van der Waals surface area (Å²) in [4.78, 5) is 68.0. The van der Waals surface area contributed by atoms with Gasteiger partial charge in [0, 0.05) is 6.42 Å². The van der Waals surface area contributed by atoms with Crippen molar-refractivity contribution in [3.8, 4) is 0 Å². The number of carboxylic acids is 3. The number of aliphatic carboxylic acids is 3. The fraction of sp³-hybridized carbons (Fsp3) is 0.600. The lowest BCUT2D eigenvalue weighted by molar-refractivity contribution is -0.143. The van der Waals surface area contributed by atoms with Gasteiger partial charge in [-0.15, -0.1) is 0 Å². The van der Waals surface area contributed by atoms with Crippen LogP contribution in [0.3, 0.4) is 0 Å². The van der Waals surface area contributed by atoms with Crippen LogP contribution >= 0.6 is 0 Å². The van der Waals surface area contributed by atoms with E-state index in [4.69, 9.17) is 21.1 Å². The number of amides is 3. The fourth-order valence-corrected chi connectivity index (χ4v) is 1.96. The number of hydrogen-bond donors (Lipinski definition) is 8. The molecule has 164 valence electrons. The third-order valence-electron chi connectivity index (χ3n) is 3.56. The molecule has 0 saturated heterocycles. The molecule has 14 heteroatoms. The summed E-state index contributed by atoms with van der Waals surface area (Å²) in [5, 5.41) is 41.6. The van der Waals surface area contributed by atoms with Gasteiger partial charge in [-0.1, -0.05) is 0 Å². The molecule has 0 aliphatic carbocycles. The highest BCUT2D eigenvalue weighted by atomic mass is 16.4. The average molecular weight is 420 g/mol. The molecule has 14 nitrogen and oxygen atoms in total. The van der Waals surface area contributed by atoms with Crippen LogP contribution in [0.15, 0.2) is 0 Å². The van der Waals surface area contributed by atoms with Crippen molar-refractivity contribution in [3.63, 3.8) is 0 Å². The van der Waals surface area contributed by atoms with Gasteiger partial charge in [0.15, 0.2) is 0 Å². The molecular formula is C15H24N4O10. The predicted octanol–water partition coefficient (Wildman–Crippen LogP) is -3.80. The number of hydrogen-bond acceptors (Lipinski definition) is 8. The van der Waals surface area contributed by atoms with Crippen molar-refractivity contribution >= 4 is 35.6 Å². The first kappa shape index (κ1) is 25.7. The van der Waals surface area contributed by atoms with Gasteiger partial charge in [-0.05, 0) is 13.3 Å². The summed E-state index contributed by atoms with van der Waals surface area (Å²) in [5.74, 6) is -7.04. The molecule has 0 rings (SSSR count). The highest BCUT2D eigenvalue weighted by Gasteiger charge is 2.28. The van der Waals surface area contributed by atoms with E-state index in [1.807, 2.05) is 5.32 Å². The van der Waals surface area contributed by atoms with Gasteiger partial charge >= 0.3 is 17.9 Å². The minimum absolute atomic E-state index is 0.381. The Kier molecular flexibility index (Phi) is 10.9. The number of aliphatic hydroxyl groups is 1. The van der Waals surface area contributed by atoms with Crippen molar-refractivity contribution in [3.05, 3.63) is 0 Å². The van der Waals surface area contributed by atoms with Gasteiger partial charge in [-0.3, -0.25) is 24.0 Å². The van der Waals surface area contributed by atoms with E-state index in [1.165, 1.54) is 6.92 Å². The first-order chi connectivity index (χ1) is 13.4. The fourth-order valence-electron chi connectivity index (χ4n) is 1.96. The molecule has 0 bridgehead atoms. The lowest BCUT2D eigenvalue weighted by atomic mass is 10.1. The van der Waals surface area contributed by atoms with Crippen LogP contribution in [0.1, 0.15) is 26.2 Å². The molecule has 3 amide bonds. The molecular weight excluding hydrogens is 396 g/mol. The van der Waals surface area contributed by atoms with E-state index in [2.05, 4.69) is 10.6 Å². The molecule has 0 aliphatic rings. The number of aliphatic hydroxyl groups excluding tert-OH is 1. The molecule has 29 heavy (non-hydrogen) atoms. The van der Waals surface area contributed by atoms with Crippen LogP contribution in [-0.2, 0) is 28.8 Å². The second kappa shape index (κ2) is 12.2. The van der Waals surface area contributed by atoms with E-state index in [-0.39, 0.29) is 6.42 Å². The second-order valence-electron chi connectivity index (χ2n) is 6.01. The Morgan fingerprint density at radius 2 is 1.38 bits per heavy atom. The van der Waals surface area contributed by atoms with Crippen molar-refractivity contribution in [2.45, 2.75) is 50.4 Å². The highest BCUT2D eigenvalue weighted by molar-refractivity contribution is 5.94. The first-order valence-corrected chi connectivity index (χ1v) is 8.33. The van der Waals surface area contributed by atoms with Crippen molar-refractivity contribution in [1.82, 2.24) is 16.0 Å². The van der Waals surface area contributed by atoms with Crippen LogP contribution in [0.2, 0.25) is 0 Å². The zero-order valence-corrected chi connectivity index (χ0v) is 15.5. The molecule has 0 radical (unpaired) electrons. The standard InChI is InChI=1S/C15H24N4O10/c1-6(12(25)18-8(15(28)29)2-3-10(21)22)17-14(27)9(5-20)19-13(26)7(16)4-11(23)24/h6-9,20H,2-5,16H2,1H3,(H,17,27)(H,18,25)(H,19,26)(H,21,22)(H,23,24)(H,28,29). The summed E-state index contributed by atoms with van der Waals surface area (Å²) < 4.78 is 0. The zero-order chi connectivity index (χ0) is 22.7. The lowest BCUT2D eigenvalue weighted by Crippen LogP contribution is -2.57. The molecule has 0 aliphatic heterocycles. The van der Waals surface area contributed by atoms with Crippen LogP contribution in [0.5, 0.6) is 0 Å². The number of nitrogens with one attached hydrogen (secondary N) is 3. The van der Waals surface area contributed by atoms with E-state index in [0.29, 0.717) is 0 Å². The Labute approximate surface area is 164 Å². The Morgan fingerprint density at radius 1 is 0.828 bits per heavy atom. The van der Waals surface area contributed by atoms with Crippen LogP contribution in [0.25, 0.3) is 0 Å². The highest BCUT2D eigenvalue weighted by Crippen LogP contribution is 2.00. The summed E-state index contributed by atoms with van der Waals surface area (Å²) in [6.07, 6.45) is -1.60. The molecule has 0 aromatic heterocycles. The Morgan fingerprint density at radius 3 is 1.83 bits per heavy atom. The largest absolute Gasteiger partial charge is 0.481 e. The molecule has 0 fully saturated rings. The smallest absolute Gasteiger partial charge is 0.326 e. The molecule has 0 heterocycles. The van der Waals surface area contributed by atoms with Gasteiger partial charge in [0.1, 0.15) is 18.1 Å². The van der Waals surface area contributed by atoms with Crippen LogP contribution in [0, 0.1) is 0 Å². The van der Waals surface area contributed by atoms with E-state index in [0.717, 1.165) is 0 Å². The van der Waals surface area contributed by atoms with E-state index in [1.54, 1.807) is 0 Å². The number of nitrogens with two attached hydrogens (primary N) is 1. The Balaban J connectivity index is 4.82. The molecule has 4 unspecified atom stereocenters. The van der Waals surface area contributed by atoms with Crippen molar-refractivity contribution in [1.29, 1.82) is 0 Å². The minimum Gasteiger partial charge on any atom is -0.481 e. The molecule has 0 saturated carbocycles. The third-order valence-corrected chi connectivity index (χ3v) is 3.56. The van der Waals surface area contributed by atoms with Crippen LogP contribution in [0.4, 0.5) is 0 Å². The summed E-state index contributed by atoms with van der Waals surface area (Å²) in [5.41, 5.74) is 5.34. The van der Waals surface area contributed by atoms with E-state index < -0.39 is 79.2 Å². The minimum atomic E-state index is -1.54. The molecule has 0 aromatic carbocycles. The quantitative estimate of drug-likeness (QED) is 0.143.